The summed E-state index contributed by atoms with van der Waals surface area (Å²) in [6, 6.07) is 4.93. The number of aliphatic imine (C=N–C) groups is 1. The van der Waals surface area contributed by atoms with Crippen molar-refractivity contribution >= 4 is 11.5 Å². The van der Waals surface area contributed by atoms with E-state index in [-0.39, 0.29) is 16.9 Å². The Bertz CT molecular complexity index is 761. The smallest absolute Gasteiger partial charge is 0.416 e. The van der Waals surface area contributed by atoms with Gasteiger partial charge in [-0.2, -0.15) is 13.2 Å². The molecule has 0 fully saturated rings. The molecule has 0 aliphatic rings. The van der Waals surface area contributed by atoms with Gasteiger partial charge in [0.05, 0.1) is 11.3 Å². The van der Waals surface area contributed by atoms with Crippen LogP contribution in [0.4, 0.5) is 19.0 Å². The molecule has 136 valence electrons. The van der Waals surface area contributed by atoms with Gasteiger partial charge in [-0.05, 0) is 43.7 Å². The molecule has 25 heavy (non-hydrogen) atoms. The van der Waals surface area contributed by atoms with Gasteiger partial charge in [-0.1, -0.05) is 13.8 Å². The summed E-state index contributed by atoms with van der Waals surface area (Å²) in [6.07, 6.45) is -4.52. The molecule has 0 radical (unpaired) electrons. The zero-order valence-electron chi connectivity index (χ0n) is 14.9. The standard InChI is InChI=1S/C16H16F3N3O.C2H6/c1-8-6-10(16(17,18)19)7-13(23)14(8)12-5-4-11(9(2)21-3)15(20)22-12;1-2/h4-7,23H,1-3H3,(H2,20,22);1-2H3. The number of benzene rings is 1. The number of nitrogen functional groups attached to an aromatic ring is 1. The first-order valence-electron chi connectivity index (χ1n) is 7.76. The summed E-state index contributed by atoms with van der Waals surface area (Å²) in [6.45, 7) is 7.25. The van der Waals surface area contributed by atoms with Gasteiger partial charge in [0.25, 0.3) is 0 Å². The Hall–Kier alpha value is -2.57. The van der Waals surface area contributed by atoms with Crippen molar-refractivity contribution < 1.29 is 18.3 Å². The highest BCUT2D eigenvalue weighted by molar-refractivity contribution is 6.02. The molecule has 7 heteroatoms. The Labute approximate surface area is 145 Å². The maximum absolute atomic E-state index is 12.8. The van der Waals surface area contributed by atoms with Crippen molar-refractivity contribution in [1.82, 2.24) is 4.98 Å². The number of halogens is 3. The molecule has 0 atom stereocenters. The van der Waals surface area contributed by atoms with Crippen molar-refractivity contribution in [2.24, 2.45) is 4.99 Å². The number of alkyl halides is 3. The number of pyridine rings is 1. The molecule has 4 nitrogen and oxygen atoms in total. The maximum Gasteiger partial charge on any atom is 0.416 e. The van der Waals surface area contributed by atoms with Crippen LogP contribution in [0.3, 0.4) is 0 Å². The van der Waals surface area contributed by atoms with Gasteiger partial charge in [0, 0.05) is 23.9 Å². The molecular weight excluding hydrogens is 331 g/mol. The molecule has 0 unspecified atom stereocenters. The Morgan fingerprint density at radius 1 is 1.20 bits per heavy atom. The molecular formula is C18H22F3N3O. The molecule has 3 N–H and O–H groups in total. The molecule has 2 rings (SSSR count). The van der Waals surface area contributed by atoms with Crippen LogP contribution in [0, 0.1) is 6.92 Å². The third-order valence-corrected chi connectivity index (χ3v) is 3.55. The van der Waals surface area contributed by atoms with E-state index in [2.05, 4.69) is 9.98 Å². The van der Waals surface area contributed by atoms with Gasteiger partial charge in [-0.25, -0.2) is 4.98 Å². The molecule has 0 saturated heterocycles. The largest absolute Gasteiger partial charge is 0.507 e. The Morgan fingerprint density at radius 2 is 1.80 bits per heavy atom. The topological polar surface area (TPSA) is 71.5 Å². The lowest BCUT2D eigenvalue weighted by molar-refractivity contribution is -0.137. The highest BCUT2D eigenvalue weighted by Crippen LogP contribution is 2.38. The minimum absolute atomic E-state index is 0.198. The third-order valence-electron chi connectivity index (χ3n) is 3.55. The van der Waals surface area contributed by atoms with Crippen molar-refractivity contribution in [2.75, 3.05) is 12.8 Å². The van der Waals surface area contributed by atoms with E-state index in [0.717, 1.165) is 6.07 Å². The summed E-state index contributed by atoms with van der Waals surface area (Å²) < 4.78 is 38.3. The zero-order chi connectivity index (χ0) is 19.4. The lowest BCUT2D eigenvalue weighted by atomic mass is 9.99. The Kier molecular flexibility index (Phi) is 6.55. The molecule has 0 bridgehead atoms. The fourth-order valence-electron chi connectivity index (χ4n) is 2.31. The number of hydrogen-bond acceptors (Lipinski definition) is 4. The first kappa shape index (κ1) is 20.5. The number of aromatic nitrogens is 1. The predicted molar refractivity (Wildman–Crippen MR) is 95.0 cm³/mol. The van der Waals surface area contributed by atoms with E-state index < -0.39 is 17.5 Å². The monoisotopic (exact) mass is 353 g/mol. The molecule has 1 aromatic carbocycles. The zero-order valence-corrected chi connectivity index (χ0v) is 14.9. The van der Waals surface area contributed by atoms with E-state index in [9.17, 15) is 18.3 Å². The number of hydrogen-bond donors (Lipinski definition) is 2. The van der Waals surface area contributed by atoms with Crippen LogP contribution in [0.1, 0.15) is 37.5 Å². The van der Waals surface area contributed by atoms with Crippen molar-refractivity contribution in [2.45, 2.75) is 33.9 Å². The highest BCUT2D eigenvalue weighted by Gasteiger charge is 2.32. The van der Waals surface area contributed by atoms with Crippen molar-refractivity contribution in [1.29, 1.82) is 0 Å². The van der Waals surface area contributed by atoms with Gasteiger partial charge < -0.3 is 10.8 Å². The number of nitrogens with two attached hydrogens (primary N) is 1. The van der Waals surface area contributed by atoms with Gasteiger partial charge in [0.2, 0.25) is 0 Å². The average Bonchev–Trinajstić information content (AvgIpc) is 2.54. The summed E-state index contributed by atoms with van der Waals surface area (Å²) in [5.41, 5.74) is 7.09. The predicted octanol–water partition coefficient (Wildman–Crippen LogP) is 4.83. The van der Waals surface area contributed by atoms with Crippen LogP contribution in [-0.4, -0.2) is 22.8 Å². The van der Waals surface area contributed by atoms with Crippen LogP contribution >= 0.6 is 0 Å². The van der Waals surface area contributed by atoms with Crippen LogP contribution in [0.5, 0.6) is 5.75 Å². The van der Waals surface area contributed by atoms with E-state index in [4.69, 9.17) is 5.73 Å². The maximum atomic E-state index is 12.8. The van der Waals surface area contributed by atoms with Gasteiger partial charge >= 0.3 is 6.18 Å². The van der Waals surface area contributed by atoms with E-state index in [1.807, 2.05) is 13.8 Å². The van der Waals surface area contributed by atoms with Crippen LogP contribution in [0.15, 0.2) is 29.3 Å². The Balaban J connectivity index is 0.00000151. The lowest BCUT2D eigenvalue weighted by Crippen LogP contribution is -2.07. The summed E-state index contributed by atoms with van der Waals surface area (Å²) in [4.78, 5) is 8.20. The number of nitrogens with zero attached hydrogens (tertiary/aromatic N) is 2. The SMILES string of the molecule is CC.CN=C(C)c1ccc(-c2c(C)cc(C(F)(F)F)cc2O)nc1N. The molecule has 1 aromatic heterocycles. The minimum atomic E-state index is -4.52. The normalized spacial score (nSPS) is 11.8. The molecule has 0 spiro atoms. The highest BCUT2D eigenvalue weighted by atomic mass is 19.4. The van der Waals surface area contributed by atoms with Gasteiger partial charge in [0.1, 0.15) is 11.6 Å². The molecule has 0 saturated carbocycles. The first-order valence-corrected chi connectivity index (χ1v) is 7.76. The summed E-state index contributed by atoms with van der Waals surface area (Å²) in [7, 11) is 1.62. The molecule has 2 aromatic rings. The molecule has 0 aliphatic carbocycles. The quantitative estimate of drug-likeness (QED) is 0.760. The van der Waals surface area contributed by atoms with Gasteiger partial charge in [0.15, 0.2) is 0 Å². The summed E-state index contributed by atoms with van der Waals surface area (Å²) >= 11 is 0. The van der Waals surface area contributed by atoms with Crippen LogP contribution in [0.25, 0.3) is 11.3 Å². The van der Waals surface area contributed by atoms with Crippen molar-refractivity contribution in [3.8, 4) is 17.0 Å². The number of rotatable bonds is 2. The number of aryl methyl sites for hydroxylation is 1. The second kappa shape index (κ2) is 8.00. The van der Waals surface area contributed by atoms with E-state index in [0.29, 0.717) is 23.0 Å². The van der Waals surface area contributed by atoms with Crippen molar-refractivity contribution in [3.05, 3.63) is 41.0 Å². The second-order valence-electron chi connectivity index (χ2n) is 5.12. The third kappa shape index (κ3) is 4.49. The number of phenolic OH excluding ortho intramolecular Hbond substituents is 1. The molecule has 0 amide bonds. The number of aromatic hydroxyl groups is 1. The van der Waals surface area contributed by atoms with E-state index in [1.54, 1.807) is 26.1 Å². The molecule has 0 aliphatic heterocycles. The number of phenols is 1. The average molecular weight is 353 g/mol. The van der Waals surface area contributed by atoms with E-state index in [1.165, 1.54) is 6.92 Å². The van der Waals surface area contributed by atoms with Crippen LogP contribution in [0.2, 0.25) is 0 Å². The fraction of sp³-hybridized carbons (Fsp3) is 0.333. The fourth-order valence-corrected chi connectivity index (χ4v) is 2.31. The second-order valence-corrected chi connectivity index (χ2v) is 5.12. The van der Waals surface area contributed by atoms with Crippen molar-refractivity contribution in [3.63, 3.8) is 0 Å². The Morgan fingerprint density at radius 3 is 2.24 bits per heavy atom. The number of anilines is 1. The van der Waals surface area contributed by atoms with Gasteiger partial charge in [-0.15, -0.1) is 0 Å². The van der Waals surface area contributed by atoms with Crippen LogP contribution in [-0.2, 0) is 6.18 Å². The minimum Gasteiger partial charge on any atom is -0.507 e. The van der Waals surface area contributed by atoms with Gasteiger partial charge in [-0.3, -0.25) is 4.99 Å². The molecule has 1 heterocycles. The van der Waals surface area contributed by atoms with E-state index >= 15 is 0 Å². The summed E-state index contributed by atoms with van der Waals surface area (Å²) in [5, 5.41) is 10.00. The first-order chi connectivity index (χ1) is 11.6. The van der Waals surface area contributed by atoms with Crippen LogP contribution < -0.4 is 5.73 Å². The lowest BCUT2D eigenvalue weighted by Gasteiger charge is -2.14. The summed E-state index contributed by atoms with van der Waals surface area (Å²) in [5.74, 6) is -0.290.